The highest BCUT2D eigenvalue weighted by Crippen LogP contribution is 2.51. The van der Waals surface area contributed by atoms with E-state index in [1.807, 2.05) is 12.1 Å². The summed E-state index contributed by atoms with van der Waals surface area (Å²) in [6, 6.07) is 8.29. The predicted molar refractivity (Wildman–Crippen MR) is 59.3 cm³/mol. The zero-order chi connectivity index (χ0) is 10.3. The lowest BCUT2D eigenvalue weighted by Gasteiger charge is -2.26. The van der Waals surface area contributed by atoms with E-state index < -0.39 is 0 Å². The molecule has 1 saturated carbocycles. The van der Waals surface area contributed by atoms with Crippen LogP contribution in [0, 0.1) is 0 Å². The molecule has 1 aromatic rings. The monoisotopic (exact) mass is 204 g/mol. The molecule has 0 atom stereocenters. The van der Waals surface area contributed by atoms with Gasteiger partial charge in [0.1, 0.15) is 0 Å². The van der Waals surface area contributed by atoms with Crippen molar-refractivity contribution in [2.75, 3.05) is 25.6 Å². The molecule has 0 spiro atoms. The minimum absolute atomic E-state index is 0.268. The SMILES string of the molecule is Nc1ccc(C2(N3CCOC3)CC2)cc1. The maximum absolute atomic E-state index is 5.71. The summed E-state index contributed by atoms with van der Waals surface area (Å²) in [5, 5.41) is 0. The third-order valence-electron chi connectivity index (χ3n) is 3.53. The summed E-state index contributed by atoms with van der Waals surface area (Å²) in [5.41, 5.74) is 8.20. The highest BCUT2D eigenvalue weighted by molar-refractivity contribution is 5.43. The summed E-state index contributed by atoms with van der Waals surface area (Å²) in [6.45, 7) is 2.71. The van der Waals surface area contributed by atoms with Gasteiger partial charge in [0.15, 0.2) is 0 Å². The molecule has 2 aliphatic rings. The van der Waals surface area contributed by atoms with E-state index in [2.05, 4.69) is 17.0 Å². The van der Waals surface area contributed by atoms with Gasteiger partial charge >= 0.3 is 0 Å². The molecule has 3 rings (SSSR count). The van der Waals surface area contributed by atoms with Crippen LogP contribution in [-0.4, -0.2) is 24.8 Å². The first-order valence-electron chi connectivity index (χ1n) is 5.50. The third-order valence-corrected chi connectivity index (χ3v) is 3.53. The lowest BCUT2D eigenvalue weighted by molar-refractivity contribution is 0.104. The van der Waals surface area contributed by atoms with E-state index in [1.165, 1.54) is 18.4 Å². The van der Waals surface area contributed by atoms with Crippen molar-refractivity contribution < 1.29 is 4.74 Å². The number of nitrogens with zero attached hydrogens (tertiary/aromatic N) is 1. The number of nitrogens with two attached hydrogens (primary N) is 1. The van der Waals surface area contributed by atoms with Crippen LogP contribution in [-0.2, 0) is 10.3 Å². The molecule has 0 aromatic heterocycles. The van der Waals surface area contributed by atoms with Gasteiger partial charge in [0.2, 0.25) is 0 Å². The van der Waals surface area contributed by atoms with Gasteiger partial charge < -0.3 is 10.5 Å². The molecule has 0 bridgehead atoms. The van der Waals surface area contributed by atoms with Crippen molar-refractivity contribution in [3.8, 4) is 0 Å². The van der Waals surface area contributed by atoms with Crippen LogP contribution in [0.5, 0.6) is 0 Å². The molecule has 0 radical (unpaired) electrons. The summed E-state index contributed by atoms with van der Waals surface area (Å²) in [4.78, 5) is 2.44. The molecule has 3 heteroatoms. The standard InChI is InChI=1S/C12H16N2O/c13-11-3-1-10(2-4-11)12(5-6-12)14-7-8-15-9-14/h1-4H,5-9,13H2. The fraction of sp³-hybridized carbons (Fsp3) is 0.500. The summed E-state index contributed by atoms with van der Waals surface area (Å²) in [7, 11) is 0. The van der Waals surface area contributed by atoms with Gasteiger partial charge in [-0.3, -0.25) is 4.90 Å². The van der Waals surface area contributed by atoms with Crippen LogP contribution >= 0.6 is 0 Å². The van der Waals surface area contributed by atoms with E-state index in [9.17, 15) is 0 Å². The molecule has 3 nitrogen and oxygen atoms in total. The van der Waals surface area contributed by atoms with Crippen LogP contribution in [0.2, 0.25) is 0 Å². The second-order valence-corrected chi connectivity index (χ2v) is 4.45. The summed E-state index contributed by atoms with van der Waals surface area (Å²) < 4.78 is 5.43. The van der Waals surface area contributed by atoms with Gasteiger partial charge in [-0.05, 0) is 30.5 Å². The van der Waals surface area contributed by atoms with E-state index in [-0.39, 0.29) is 5.54 Å². The van der Waals surface area contributed by atoms with Gasteiger partial charge in [-0.15, -0.1) is 0 Å². The second-order valence-electron chi connectivity index (χ2n) is 4.45. The van der Waals surface area contributed by atoms with Crippen molar-refractivity contribution in [3.63, 3.8) is 0 Å². The van der Waals surface area contributed by atoms with E-state index in [0.717, 1.165) is 25.6 Å². The summed E-state index contributed by atoms with van der Waals surface area (Å²) >= 11 is 0. The number of hydrogen-bond acceptors (Lipinski definition) is 3. The number of rotatable bonds is 2. The number of benzene rings is 1. The molecule has 2 fully saturated rings. The Morgan fingerprint density at radius 1 is 1.20 bits per heavy atom. The molecule has 1 heterocycles. The normalized spacial score (nSPS) is 24.3. The maximum Gasteiger partial charge on any atom is 0.0998 e. The summed E-state index contributed by atoms with van der Waals surface area (Å²) in [6.07, 6.45) is 2.50. The molecule has 1 saturated heterocycles. The predicted octanol–water partition coefficient (Wildman–Crippen LogP) is 1.55. The molecule has 15 heavy (non-hydrogen) atoms. The van der Waals surface area contributed by atoms with Crippen molar-refractivity contribution >= 4 is 5.69 Å². The molecule has 0 unspecified atom stereocenters. The van der Waals surface area contributed by atoms with Gasteiger partial charge in [0.25, 0.3) is 0 Å². The van der Waals surface area contributed by atoms with E-state index in [4.69, 9.17) is 10.5 Å². The molecule has 1 aliphatic carbocycles. The maximum atomic E-state index is 5.71. The average molecular weight is 204 g/mol. The Labute approximate surface area is 89.8 Å². The van der Waals surface area contributed by atoms with E-state index >= 15 is 0 Å². The van der Waals surface area contributed by atoms with Crippen LogP contribution in [0.1, 0.15) is 18.4 Å². The lowest BCUT2D eigenvalue weighted by Crippen LogP contribution is -2.33. The third kappa shape index (κ3) is 1.43. The van der Waals surface area contributed by atoms with Gasteiger partial charge in [-0.25, -0.2) is 0 Å². The van der Waals surface area contributed by atoms with Crippen molar-refractivity contribution in [1.29, 1.82) is 0 Å². The first-order chi connectivity index (χ1) is 7.31. The Morgan fingerprint density at radius 2 is 1.93 bits per heavy atom. The van der Waals surface area contributed by atoms with Gasteiger partial charge in [0.05, 0.1) is 13.3 Å². The van der Waals surface area contributed by atoms with E-state index in [1.54, 1.807) is 0 Å². The molecular formula is C12H16N2O. The Balaban J connectivity index is 1.89. The fourth-order valence-corrected chi connectivity index (χ4v) is 2.45. The molecule has 80 valence electrons. The van der Waals surface area contributed by atoms with Crippen LogP contribution in [0.4, 0.5) is 5.69 Å². The molecular weight excluding hydrogens is 188 g/mol. The number of hydrogen-bond donors (Lipinski definition) is 1. The molecule has 2 N–H and O–H groups in total. The highest BCUT2D eigenvalue weighted by atomic mass is 16.5. The van der Waals surface area contributed by atoms with Gasteiger partial charge in [-0.1, -0.05) is 12.1 Å². The quantitative estimate of drug-likeness (QED) is 0.743. The van der Waals surface area contributed by atoms with Crippen LogP contribution in [0.3, 0.4) is 0 Å². The average Bonchev–Trinajstić information content (AvgIpc) is 2.88. The number of nitrogen functional groups attached to an aromatic ring is 1. The van der Waals surface area contributed by atoms with Gasteiger partial charge in [0, 0.05) is 17.8 Å². The molecule has 0 amide bonds. The smallest absolute Gasteiger partial charge is 0.0998 e. The lowest BCUT2D eigenvalue weighted by atomic mass is 10.0. The Morgan fingerprint density at radius 3 is 2.47 bits per heavy atom. The Bertz CT molecular complexity index is 350. The zero-order valence-electron chi connectivity index (χ0n) is 8.78. The number of ether oxygens (including phenoxy) is 1. The minimum Gasteiger partial charge on any atom is -0.399 e. The van der Waals surface area contributed by atoms with E-state index in [0.29, 0.717) is 0 Å². The first-order valence-corrected chi connectivity index (χ1v) is 5.50. The van der Waals surface area contributed by atoms with Crippen molar-refractivity contribution in [3.05, 3.63) is 29.8 Å². The minimum atomic E-state index is 0.268. The van der Waals surface area contributed by atoms with Crippen LogP contribution < -0.4 is 5.73 Å². The topological polar surface area (TPSA) is 38.5 Å². The molecule has 1 aliphatic heterocycles. The fourth-order valence-electron chi connectivity index (χ4n) is 2.45. The summed E-state index contributed by atoms with van der Waals surface area (Å²) in [5.74, 6) is 0. The number of anilines is 1. The second kappa shape index (κ2) is 3.22. The zero-order valence-corrected chi connectivity index (χ0v) is 8.78. The van der Waals surface area contributed by atoms with Crippen molar-refractivity contribution in [2.24, 2.45) is 0 Å². The Kier molecular flexibility index (Phi) is 1.97. The van der Waals surface area contributed by atoms with Crippen molar-refractivity contribution in [1.82, 2.24) is 4.90 Å². The Hall–Kier alpha value is -1.06. The van der Waals surface area contributed by atoms with Gasteiger partial charge in [-0.2, -0.15) is 0 Å². The van der Waals surface area contributed by atoms with Crippen LogP contribution in [0.15, 0.2) is 24.3 Å². The van der Waals surface area contributed by atoms with Crippen LogP contribution in [0.25, 0.3) is 0 Å². The molecule has 1 aromatic carbocycles. The largest absolute Gasteiger partial charge is 0.399 e. The van der Waals surface area contributed by atoms with Crippen molar-refractivity contribution in [2.45, 2.75) is 18.4 Å². The highest BCUT2D eigenvalue weighted by Gasteiger charge is 2.50. The first kappa shape index (κ1) is 9.19.